The number of amides is 1. The summed E-state index contributed by atoms with van der Waals surface area (Å²) in [6.07, 6.45) is 5.10. The number of nitrogens with zero attached hydrogens (tertiary/aromatic N) is 5. The number of ether oxygens (including phenoxy) is 1. The molecule has 1 saturated heterocycles. The van der Waals surface area contributed by atoms with Gasteiger partial charge in [-0.25, -0.2) is 19.4 Å². The van der Waals surface area contributed by atoms with Gasteiger partial charge in [-0.05, 0) is 31.9 Å². The van der Waals surface area contributed by atoms with Crippen molar-refractivity contribution in [1.29, 1.82) is 0 Å². The van der Waals surface area contributed by atoms with Gasteiger partial charge in [0.15, 0.2) is 10.8 Å². The van der Waals surface area contributed by atoms with E-state index in [1.165, 1.54) is 19.3 Å². The third-order valence-electron chi connectivity index (χ3n) is 4.25. The first-order valence-electron chi connectivity index (χ1n) is 9.24. The molecule has 1 aliphatic heterocycles. The van der Waals surface area contributed by atoms with Gasteiger partial charge in [-0.15, -0.1) is 0 Å². The van der Waals surface area contributed by atoms with Crippen LogP contribution in [0.15, 0.2) is 11.4 Å². The minimum absolute atomic E-state index is 0.362. The fraction of sp³-hybridized carbons (Fsp3) is 0.647. The van der Waals surface area contributed by atoms with Crippen LogP contribution in [0.25, 0.3) is 11.0 Å². The monoisotopic (exact) mass is 378 g/mol. The summed E-state index contributed by atoms with van der Waals surface area (Å²) in [6.45, 7) is 7.27. The second-order valence-corrected chi connectivity index (χ2v) is 7.29. The van der Waals surface area contributed by atoms with E-state index in [0.29, 0.717) is 19.7 Å². The number of piperidine rings is 1. The molecule has 0 radical (unpaired) electrons. The molecule has 0 aliphatic carbocycles. The maximum absolute atomic E-state index is 11.4. The van der Waals surface area contributed by atoms with Gasteiger partial charge in [-0.1, -0.05) is 18.7 Å². The molecule has 1 aliphatic rings. The van der Waals surface area contributed by atoms with Crippen LogP contribution >= 0.6 is 11.8 Å². The Kier molecular flexibility index (Phi) is 6.54. The van der Waals surface area contributed by atoms with Gasteiger partial charge in [0.05, 0.1) is 24.7 Å². The van der Waals surface area contributed by atoms with Crippen LogP contribution in [0.3, 0.4) is 0 Å². The highest BCUT2D eigenvalue weighted by Gasteiger charge is 2.19. The van der Waals surface area contributed by atoms with E-state index in [-0.39, 0.29) is 0 Å². The fourth-order valence-corrected chi connectivity index (χ4v) is 3.63. The van der Waals surface area contributed by atoms with Crippen molar-refractivity contribution in [3.05, 3.63) is 6.20 Å². The van der Waals surface area contributed by atoms with Crippen molar-refractivity contribution in [2.75, 3.05) is 36.9 Å². The summed E-state index contributed by atoms with van der Waals surface area (Å²) in [7, 11) is 0. The summed E-state index contributed by atoms with van der Waals surface area (Å²) in [5.74, 6) is 1.90. The Morgan fingerprint density at radius 3 is 2.81 bits per heavy atom. The molecule has 0 bridgehead atoms. The third kappa shape index (κ3) is 4.38. The van der Waals surface area contributed by atoms with Gasteiger partial charge in [-0.2, -0.15) is 5.10 Å². The zero-order valence-electron chi connectivity index (χ0n) is 15.4. The Morgan fingerprint density at radius 2 is 2.08 bits per heavy atom. The molecule has 1 amide bonds. The van der Waals surface area contributed by atoms with Crippen LogP contribution in [0.1, 0.15) is 33.1 Å². The van der Waals surface area contributed by atoms with E-state index in [1.54, 1.807) is 18.7 Å². The van der Waals surface area contributed by atoms with E-state index >= 15 is 0 Å². The van der Waals surface area contributed by atoms with Crippen LogP contribution in [0.4, 0.5) is 10.6 Å². The van der Waals surface area contributed by atoms with Crippen molar-refractivity contribution >= 4 is 34.7 Å². The summed E-state index contributed by atoms with van der Waals surface area (Å²) in [6, 6.07) is 0. The molecule has 3 rings (SSSR count). The molecular weight excluding hydrogens is 352 g/mol. The number of hydrogen-bond acceptors (Lipinski definition) is 7. The van der Waals surface area contributed by atoms with Gasteiger partial charge < -0.3 is 15.0 Å². The van der Waals surface area contributed by atoms with Crippen molar-refractivity contribution < 1.29 is 9.53 Å². The summed E-state index contributed by atoms with van der Waals surface area (Å²) in [5, 5.41) is 8.96. The maximum Gasteiger partial charge on any atom is 0.407 e. The Morgan fingerprint density at radius 1 is 1.27 bits per heavy atom. The first-order chi connectivity index (χ1) is 12.7. The van der Waals surface area contributed by atoms with E-state index in [9.17, 15) is 4.79 Å². The Hall–Kier alpha value is -2.03. The number of aromatic nitrogens is 4. The van der Waals surface area contributed by atoms with Gasteiger partial charge in [-0.3, -0.25) is 0 Å². The molecule has 8 nitrogen and oxygen atoms in total. The van der Waals surface area contributed by atoms with E-state index < -0.39 is 6.09 Å². The topological polar surface area (TPSA) is 85.2 Å². The van der Waals surface area contributed by atoms with Crippen molar-refractivity contribution in [2.45, 2.75) is 44.8 Å². The van der Waals surface area contributed by atoms with Gasteiger partial charge >= 0.3 is 6.09 Å². The average Bonchev–Trinajstić information content (AvgIpc) is 3.05. The number of carbonyl (C=O) groups excluding carboxylic acids is 1. The molecule has 0 unspecified atom stereocenters. The highest BCUT2D eigenvalue weighted by molar-refractivity contribution is 7.99. The van der Waals surface area contributed by atoms with E-state index in [0.717, 1.165) is 40.9 Å². The summed E-state index contributed by atoms with van der Waals surface area (Å²) in [5.41, 5.74) is 0.821. The van der Waals surface area contributed by atoms with Crippen molar-refractivity contribution in [2.24, 2.45) is 0 Å². The normalized spacial score (nSPS) is 14.6. The molecule has 1 fully saturated rings. The lowest BCUT2D eigenvalue weighted by atomic mass is 10.1. The van der Waals surface area contributed by atoms with Gasteiger partial charge in [0.1, 0.15) is 5.82 Å². The average molecular weight is 379 g/mol. The quantitative estimate of drug-likeness (QED) is 0.585. The first kappa shape index (κ1) is 18.8. The zero-order chi connectivity index (χ0) is 18.4. The number of anilines is 1. The number of nitrogens with one attached hydrogen (secondary N) is 1. The summed E-state index contributed by atoms with van der Waals surface area (Å²) < 4.78 is 6.71. The zero-order valence-corrected chi connectivity index (χ0v) is 16.2. The predicted octanol–water partition coefficient (Wildman–Crippen LogP) is 2.67. The van der Waals surface area contributed by atoms with Crippen molar-refractivity contribution in [3.63, 3.8) is 0 Å². The summed E-state index contributed by atoms with van der Waals surface area (Å²) in [4.78, 5) is 23.3. The second-order valence-electron chi connectivity index (χ2n) is 6.06. The lowest BCUT2D eigenvalue weighted by molar-refractivity contribution is 0.152. The molecule has 1 N–H and O–H groups in total. The van der Waals surface area contributed by atoms with Gasteiger partial charge in [0.25, 0.3) is 0 Å². The number of hydrogen-bond donors (Lipinski definition) is 1. The van der Waals surface area contributed by atoms with E-state index in [2.05, 4.69) is 22.2 Å². The minimum atomic E-state index is -0.408. The number of rotatable bonds is 7. The Balaban J connectivity index is 1.83. The van der Waals surface area contributed by atoms with Gasteiger partial charge in [0.2, 0.25) is 0 Å². The Labute approximate surface area is 157 Å². The number of alkyl carbamates (subject to hydrolysis) is 1. The first-order valence-corrected chi connectivity index (χ1v) is 10.2. The standard InChI is InChI=1S/C17H26N6O2S/c1-3-25-17(24)18-8-11-23-15-13(12-19-23)14(20-16(21-15)26-4-2)22-9-6-5-7-10-22/h12H,3-11H2,1-2H3,(H,18,24). The van der Waals surface area contributed by atoms with E-state index in [1.807, 2.05) is 10.9 Å². The van der Waals surface area contributed by atoms with Crippen LogP contribution in [0.2, 0.25) is 0 Å². The van der Waals surface area contributed by atoms with E-state index in [4.69, 9.17) is 14.7 Å². The molecular formula is C17H26N6O2S. The number of thioether (sulfide) groups is 1. The van der Waals surface area contributed by atoms with Crippen LogP contribution in [0, 0.1) is 0 Å². The molecule has 2 aromatic rings. The van der Waals surface area contributed by atoms with Crippen LogP contribution in [-0.2, 0) is 11.3 Å². The Bertz CT molecular complexity index is 744. The molecule has 2 aromatic heterocycles. The largest absolute Gasteiger partial charge is 0.450 e. The highest BCUT2D eigenvalue weighted by Crippen LogP contribution is 2.29. The maximum atomic E-state index is 11.4. The molecule has 0 atom stereocenters. The number of carbonyl (C=O) groups is 1. The lowest BCUT2D eigenvalue weighted by Gasteiger charge is -2.28. The molecule has 0 saturated carbocycles. The van der Waals surface area contributed by atoms with Crippen molar-refractivity contribution in [1.82, 2.24) is 25.1 Å². The third-order valence-corrected chi connectivity index (χ3v) is 4.98. The van der Waals surface area contributed by atoms with Gasteiger partial charge in [0, 0.05) is 19.6 Å². The smallest absolute Gasteiger partial charge is 0.407 e. The van der Waals surface area contributed by atoms with Crippen molar-refractivity contribution in [3.8, 4) is 0 Å². The molecule has 0 spiro atoms. The predicted molar refractivity (Wildman–Crippen MR) is 103 cm³/mol. The van der Waals surface area contributed by atoms with Crippen LogP contribution in [0.5, 0.6) is 0 Å². The highest BCUT2D eigenvalue weighted by atomic mass is 32.2. The molecule has 26 heavy (non-hydrogen) atoms. The molecule has 3 heterocycles. The molecule has 9 heteroatoms. The fourth-order valence-electron chi connectivity index (χ4n) is 3.07. The summed E-state index contributed by atoms with van der Waals surface area (Å²) >= 11 is 1.64. The molecule has 142 valence electrons. The number of fused-ring (bicyclic) bond motifs is 1. The van der Waals surface area contributed by atoms with Crippen LogP contribution < -0.4 is 10.2 Å². The minimum Gasteiger partial charge on any atom is -0.450 e. The second kappa shape index (κ2) is 9.07. The lowest BCUT2D eigenvalue weighted by Crippen LogP contribution is -2.30. The molecule has 0 aromatic carbocycles. The SMILES string of the molecule is CCOC(=O)NCCn1ncc2c(N3CCCCC3)nc(SCC)nc21. The van der Waals surface area contributed by atoms with Crippen LogP contribution in [-0.4, -0.2) is 57.8 Å².